The Balaban J connectivity index is 1.68. The number of aromatic nitrogens is 1. The summed E-state index contributed by atoms with van der Waals surface area (Å²) in [5, 5.41) is 11.1. The van der Waals surface area contributed by atoms with Crippen molar-refractivity contribution in [3.8, 4) is 22.8 Å². The lowest BCUT2D eigenvalue weighted by Crippen LogP contribution is -2.48. The Hall–Kier alpha value is -3.19. The van der Waals surface area contributed by atoms with E-state index < -0.39 is 8.32 Å². The van der Waals surface area contributed by atoms with Crippen molar-refractivity contribution in [1.82, 2.24) is 4.98 Å². The van der Waals surface area contributed by atoms with E-state index in [1.54, 1.807) is 19.2 Å². The Morgan fingerprint density at radius 1 is 0.902 bits per heavy atom. The number of hydrogen-bond donors (Lipinski definition) is 1. The first-order valence-electron chi connectivity index (χ1n) is 14.2. The fourth-order valence-corrected chi connectivity index (χ4v) is 11.8. The monoisotopic (exact) mass is 589 g/mol. The van der Waals surface area contributed by atoms with Crippen LogP contribution in [0.3, 0.4) is 0 Å². The van der Waals surface area contributed by atoms with Crippen molar-refractivity contribution >= 4 is 36.6 Å². The minimum atomic E-state index is -1.94. The Morgan fingerprint density at radius 2 is 1.56 bits per heavy atom. The van der Waals surface area contributed by atoms with Gasteiger partial charge in [-0.15, -0.1) is 0 Å². The number of hydrogen-bond acceptors (Lipinski definition) is 5. The zero-order valence-corrected chi connectivity index (χ0v) is 26.8. The number of ether oxygens (including phenoxy) is 1. The molecule has 0 unspecified atom stereocenters. The van der Waals surface area contributed by atoms with Crippen LogP contribution in [0.4, 0.5) is 0 Å². The van der Waals surface area contributed by atoms with E-state index in [4.69, 9.17) is 20.8 Å². The van der Waals surface area contributed by atoms with Crippen molar-refractivity contribution in [1.29, 1.82) is 0 Å². The number of nitrogens with zero attached hydrogens (tertiary/aromatic N) is 1. The van der Waals surface area contributed by atoms with Crippen LogP contribution in [0, 0.1) is 0 Å². The summed E-state index contributed by atoms with van der Waals surface area (Å²) in [6.45, 7) is 14.5. The van der Waals surface area contributed by atoms with Crippen molar-refractivity contribution in [2.75, 3.05) is 13.7 Å². The number of phenolic OH excluding ortho intramolecular Hbond substituents is 1. The number of rotatable bonds is 11. The molecule has 0 saturated heterocycles. The number of carbonyl (C=O) groups is 1. The number of carbonyl (C=O) groups excluding carboxylic acids is 1. The molecule has 0 aliphatic heterocycles. The molecule has 4 aromatic rings. The fraction of sp³-hybridized carbons (Fsp3) is 0.353. The molecule has 0 aliphatic rings. The van der Waals surface area contributed by atoms with Gasteiger partial charge in [-0.2, -0.15) is 0 Å². The summed E-state index contributed by atoms with van der Waals surface area (Å²) in [4.78, 5) is 17.9. The molecule has 0 atom stereocenters. The quantitative estimate of drug-likeness (QED) is 0.139. The SMILES string of the molecule is COc1cc(-c2cccc(CCO[Si](C(C)C)(C(C)C)C(C)C)c2)c2cc(C(=O)c3ccc(Cl)c(O)c3)ccc2n1. The minimum absolute atomic E-state index is 0.124. The first-order valence-corrected chi connectivity index (χ1v) is 16.7. The summed E-state index contributed by atoms with van der Waals surface area (Å²) >= 11 is 5.95. The third-order valence-electron chi connectivity index (χ3n) is 8.15. The fourth-order valence-electron chi connectivity index (χ4n) is 6.25. The predicted molar refractivity (Wildman–Crippen MR) is 171 cm³/mol. The van der Waals surface area contributed by atoms with Crippen LogP contribution in [0.2, 0.25) is 21.6 Å². The van der Waals surface area contributed by atoms with Gasteiger partial charge in [-0.25, -0.2) is 4.98 Å². The van der Waals surface area contributed by atoms with Crippen molar-refractivity contribution in [3.05, 3.63) is 88.4 Å². The highest BCUT2D eigenvalue weighted by Gasteiger charge is 2.44. The second kappa shape index (κ2) is 12.8. The Kier molecular flexibility index (Phi) is 9.57. The topological polar surface area (TPSA) is 68.7 Å². The number of phenols is 1. The third kappa shape index (κ3) is 6.35. The lowest BCUT2D eigenvalue weighted by atomic mass is 9.95. The molecule has 0 spiro atoms. The molecule has 41 heavy (non-hydrogen) atoms. The first-order chi connectivity index (χ1) is 19.5. The van der Waals surface area contributed by atoms with E-state index in [0.717, 1.165) is 28.5 Å². The van der Waals surface area contributed by atoms with Gasteiger partial charge in [-0.1, -0.05) is 77.4 Å². The van der Waals surface area contributed by atoms with E-state index >= 15 is 0 Å². The van der Waals surface area contributed by atoms with Crippen molar-refractivity contribution in [2.45, 2.75) is 64.6 Å². The van der Waals surface area contributed by atoms with E-state index in [-0.39, 0.29) is 16.6 Å². The van der Waals surface area contributed by atoms with Gasteiger partial charge in [-0.3, -0.25) is 4.79 Å². The van der Waals surface area contributed by atoms with Crippen LogP contribution in [-0.4, -0.2) is 37.9 Å². The number of fused-ring (bicyclic) bond motifs is 1. The van der Waals surface area contributed by atoms with Gasteiger partial charge >= 0.3 is 0 Å². The van der Waals surface area contributed by atoms with E-state index in [0.29, 0.717) is 40.2 Å². The summed E-state index contributed by atoms with van der Waals surface area (Å²) in [7, 11) is -0.337. The smallest absolute Gasteiger partial charge is 0.214 e. The zero-order chi connectivity index (χ0) is 29.9. The highest BCUT2D eigenvalue weighted by molar-refractivity contribution is 6.77. The number of pyridine rings is 1. The standard InChI is InChI=1S/C34H40ClNO4Si/c1-21(2)41(22(3)4,23(5)6)40-16-15-24-9-8-10-25(17-24)28-20-33(39-7)36-31-14-12-26(18-29(28)31)34(38)27-11-13-30(35)32(37)19-27/h8-14,17-23,37H,15-16H2,1-7H3. The van der Waals surface area contributed by atoms with Crippen LogP contribution in [0.1, 0.15) is 63.0 Å². The third-order valence-corrected chi connectivity index (χ3v) is 14.6. The van der Waals surface area contributed by atoms with Crippen LogP contribution in [0.5, 0.6) is 11.6 Å². The number of ketones is 1. The van der Waals surface area contributed by atoms with Gasteiger partial charge in [-0.05, 0) is 76.1 Å². The van der Waals surface area contributed by atoms with Gasteiger partial charge in [0.15, 0.2) is 14.1 Å². The molecular formula is C34H40ClNO4Si. The van der Waals surface area contributed by atoms with Gasteiger partial charge in [0.25, 0.3) is 0 Å². The molecular weight excluding hydrogens is 550 g/mol. The average Bonchev–Trinajstić information content (AvgIpc) is 2.95. The predicted octanol–water partition coefficient (Wildman–Crippen LogP) is 9.23. The first kappa shape index (κ1) is 30.8. The number of benzene rings is 3. The normalized spacial score (nSPS) is 12.1. The van der Waals surface area contributed by atoms with Crippen LogP contribution in [0.25, 0.3) is 22.0 Å². The number of aromatic hydroxyl groups is 1. The van der Waals surface area contributed by atoms with Gasteiger partial charge in [0, 0.05) is 29.2 Å². The second-order valence-corrected chi connectivity index (χ2v) is 17.4. The highest BCUT2D eigenvalue weighted by atomic mass is 35.5. The lowest BCUT2D eigenvalue weighted by Gasteiger charge is -2.42. The molecule has 3 aromatic carbocycles. The maximum atomic E-state index is 13.3. The molecule has 1 heterocycles. The molecule has 0 bridgehead atoms. The van der Waals surface area contributed by atoms with Crippen molar-refractivity contribution in [3.63, 3.8) is 0 Å². The molecule has 1 N–H and O–H groups in total. The molecule has 0 amide bonds. The Morgan fingerprint density at radius 3 is 2.20 bits per heavy atom. The number of halogens is 1. The van der Waals surface area contributed by atoms with Crippen LogP contribution < -0.4 is 4.74 Å². The van der Waals surface area contributed by atoms with E-state index in [2.05, 4.69) is 70.8 Å². The van der Waals surface area contributed by atoms with Crippen LogP contribution in [-0.2, 0) is 10.8 Å². The number of methoxy groups -OCH3 is 1. The molecule has 0 saturated carbocycles. The maximum absolute atomic E-state index is 13.3. The van der Waals surface area contributed by atoms with E-state index in [1.807, 2.05) is 18.2 Å². The van der Waals surface area contributed by atoms with Crippen LogP contribution in [0.15, 0.2) is 66.7 Å². The minimum Gasteiger partial charge on any atom is -0.506 e. The molecule has 0 aliphatic carbocycles. The molecule has 7 heteroatoms. The zero-order valence-electron chi connectivity index (χ0n) is 25.0. The van der Waals surface area contributed by atoms with Crippen LogP contribution >= 0.6 is 11.6 Å². The summed E-state index contributed by atoms with van der Waals surface area (Å²) in [5.74, 6) is 0.172. The second-order valence-electron chi connectivity index (χ2n) is 11.6. The highest BCUT2D eigenvalue weighted by Crippen LogP contribution is 2.42. The van der Waals surface area contributed by atoms with Gasteiger partial charge in [0.2, 0.25) is 5.88 Å². The summed E-state index contributed by atoms with van der Waals surface area (Å²) < 4.78 is 12.3. The largest absolute Gasteiger partial charge is 0.506 e. The summed E-state index contributed by atoms with van der Waals surface area (Å²) in [6, 6.07) is 20.3. The molecule has 0 fully saturated rings. The summed E-state index contributed by atoms with van der Waals surface area (Å²) in [6.07, 6.45) is 0.818. The average molecular weight is 590 g/mol. The molecule has 216 valence electrons. The van der Waals surface area contributed by atoms with Gasteiger partial charge < -0.3 is 14.3 Å². The lowest BCUT2D eigenvalue weighted by molar-refractivity contribution is 0.103. The maximum Gasteiger partial charge on any atom is 0.214 e. The summed E-state index contributed by atoms with van der Waals surface area (Å²) in [5.41, 5.74) is 6.34. The Bertz CT molecular complexity index is 1530. The molecule has 4 rings (SSSR count). The molecule has 5 nitrogen and oxygen atoms in total. The van der Waals surface area contributed by atoms with Gasteiger partial charge in [0.1, 0.15) is 5.75 Å². The van der Waals surface area contributed by atoms with Crippen molar-refractivity contribution in [2.24, 2.45) is 0 Å². The van der Waals surface area contributed by atoms with E-state index in [9.17, 15) is 9.90 Å². The van der Waals surface area contributed by atoms with Crippen molar-refractivity contribution < 1.29 is 19.1 Å². The Labute approximate surface area is 249 Å². The van der Waals surface area contributed by atoms with E-state index in [1.165, 1.54) is 17.7 Å². The van der Waals surface area contributed by atoms with Gasteiger partial charge in [0.05, 0.1) is 17.6 Å². The molecule has 1 aromatic heterocycles. The molecule has 0 radical (unpaired) electrons.